The Hall–Kier alpha value is -2.17. The van der Waals surface area contributed by atoms with Crippen molar-refractivity contribution in [1.29, 1.82) is 0 Å². The Labute approximate surface area is 92.9 Å². The van der Waals surface area contributed by atoms with E-state index in [2.05, 4.69) is 17.2 Å². The highest BCUT2D eigenvalue weighted by molar-refractivity contribution is 6.08. The Morgan fingerprint density at radius 1 is 1.06 bits per heavy atom. The number of ketones is 1. The van der Waals surface area contributed by atoms with Crippen LogP contribution in [0.4, 0.5) is 0 Å². The van der Waals surface area contributed by atoms with E-state index in [-0.39, 0.29) is 23.3 Å². The van der Waals surface area contributed by atoms with Crippen molar-refractivity contribution in [1.82, 2.24) is 10.6 Å². The number of amides is 2. The Bertz CT molecular complexity index is 402. The summed E-state index contributed by atoms with van der Waals surface area (Å²) in [7, 11) is 0. The van der Waals surface area contributed by atoms with Gasteiger partial charge in [-0.3, -0.25) is 14.4 Å². The molecule has 0 spiro atoms. The third-order valence-electron chi connectivity index (χ3n) is 1.83. The molecular formula is C11H12N2O3. The molecule has 0 aromatic rings. The molecule has 0 atom stereocenters. The minimum Gasteiger partial charge on any atom is -0.326 e. The van der Waals surface area contributed by atoms with E-state index in [9.17, 15) is 14.4 Å². The quantitative estimate of drug-likeness (QED) is 0.696. The number of hydrogen-bond donors (Lipinski definition) is 2. The predicted octanol–water partition coefficient (Wildman–Crippen LogP) is 0.165. The highest BCUT2D eigenvalue weighted by atomic mass is 16.2. The molecule has 0 aliphatic heterocycles. The van der Waals surface area contributed by atoms with Crippen LogP contribution in [0.15, 0.2) is 35.7 Å². The average molecular weight is 220 g/mol. The Balaban J connectivity index is 2.87. The summed E-state index contributed by atoms with van der Waals surface area (Å²) in [5.41, 5.74) is 0.983. The number of nitrogens with one attached hydrogen (secondary N) is 2. The van der Waals surface area contributed by atoms with Crippen LogP contribution in [0.25, 0.3) is 0 Å². The second-order valence-corrected chi connectivity index (χ2v) is 3.37. The van der Waals surface area contributed by atoms with Crippen LogP contribution in [0.5, 0.6) is 0 Å². The van der Waals surface area contributed by atoms with Gasteiger partial charge in [0.1, 0.15) is 0 Å². The van der Waals surface area contributed by atoms with E-state index in [0.717, 1.165) is 0 Å². The molecule has 0 bridgehead atoms. The standard InChI is InChI=1S/C11H12N2O3/c1-6-4-10(13-8(3)15)11(16)5-9(6)12-7(2)14/h4-5H,1H2,2-3H3,(H,12,14)(H,13,15). The summed E-state index contributed by atoms with van der Waals surface area (Å²) in [6.45, 7) is 6.33. The molecule has 0 saturated carbocycles. The SMILES string of the molecule is C=C1C=C(NC(C)=O)C(=O)C=C1NC(C)=O. The van der Waals surface area contributed by atoms with Crippen LogP contribution in [-0.4, -0.2) is 17.6 Å². The molecule has 0 saturated heterocycles. The average Bonchev–Trinajstić information content (AvgIpc) is 2.11. The van der Waals surface area contributed by atoms with Crippen molar-refractivity contribution in [2.24, 2.45) is 0 Å². The van der Waals surface area contributed by atoms with Crippen molar-refractivity contribution in [2.45, 2.75) is 13.8 Å². The van der Waals surface area contributed by atoms with Crippen LogP contribution in [0.3, 0.4) is 0 Å². The van der Waals surface area contributed by atoms with Gasteiger partial charge in [0, 0.05) is 19.9 Å². The summed E-state index contributed by atoms with van der Waals surface area (Å²) in [5.74, 6) is -0.980. The van der Waals surface area contributed by atoms with Crippen molar-refractivity contribution in [2.75, 3.05) is 0 Å². The minimum atomic E-state index is -0.369. The summed E-state index contributed by atoms with van der Waals surface area (Å²) in [6, 6.07) is 0. The Kier molecular flexibility index (Phi) is 3.40. The van der Waals surface area contributed by atoms with Gasteiger partial charge in [0.2, 0.25) is 17.6 Å². The van der Waals surface area contributed by atoms with Crippen LogP contribution >= 0.6 is 0 Å². The molecule has 0 aromatic carbocycles. The second kappa shape index (κ2) is 4.57. The highest BCUT2D eigenvalue weighted by Crippen LogP contribution is 2.15. The first-order valence-corrected chi connectivity index (χ1v) is 4.62. The molecule has 84 valence electrons. The lowest BCUT2D eigenvalue weighted by Gasteiger charge is -2.15. The third kappa shape index (κ3) is 2.91. The lowest BCUT2D eigenvalue weighted by atomic mass is 10.0. The van der Waals surface area contributed by atoms with E-state index in [1.807, 2.05) is 0 Å². The van der Waals surface area contributed by atoms with E-state index in [4.69, 9.17) is 0 Å². The molecule has 16 heavy (non-hydrogen) atoms. The van der Waals surface area contributed by atoms with Gasteiger partial charge < -0.3 is 10.6 Å². The summed E-state index contributed by atoms with van der Waals surface area (Å²) in [5, 5.41) is 4.87. The number of carbonyl (C=O) groups is 3. The molecule has 5 nitrogen and oxygen atoms in total. The molecule has 0 heterocycles. The molecule has 0 aromatic heterocycles. The van der Waals surface area contributed by atoms with Crippen LogP contribution in [0, 0.1) is 0 Å². The smallest absolute Gasteiger partial charge is 0.221 e. The molecule has 2 amide bonds. The van der Waals surface area contributed by atoms with Crippen molar-refractivity contribution in [3.63, 3.8) is 0 Å². The maximum Gasteiger partial charge on any atom is 0.221 e. The molecule has 0 unspecified atom stereocenters. The van der Waals surface area contributed by atoms with Crippen molar-refractivity contribution in [3.8, 4) is 0 Å². The first-order chi connectivity index (χ1) is 7.40. The zero-order chi connectivity index (χ0) is 12.3. The highest BCUT2D eigenvalue weighted by Gasteiger charge is 2.17. The second-order valence-electron chi connectivity index (χ2n) is 3.37. The predicted molar refractivity (Wildman–Crippen MR) is 57.9 cm³/mol. The molecule has 1 rings (SSSR count). The Morgan fingerprint density at radius 3 is 2.06 bits per heavy atom. The van der Waals surface area contributed by atoms with E-state index in [1.54, 1.807) is 0 Å². The maximum atomic E-state index is 11.5. The lowest BCUT2D eigenvalue weighted by Crippen LogP contribution is -2.29. The van der Waals surface area contributed by atoms with Crippen LogP contribution in [0.1, 0.15) is 13.8 Å². The van der Waals surface area contributed by atoms with Crippen LogP contribution in [0.2, 0.25) is 0 Å². The first kappa shape index (κ1) is 11.9. The van der Waals surface area contributed by atoms with E-state index in [0.29, 0.717) is 11.3 Å². The van der Waals surface area contributed by atoms with Gasteiger partial charge in [-0.15, -0.1) is 0 Å². The fourth-order valence-electron chi connectivity index (χ4n) is 1.22. The van der Waals surface area contributed by atoms with Crippen LogP contribution in [-0.2, 0) is 14.4 Å². The van der Waals surface area contributed by atoms with E-state index >= 15 is 0 Å². The fourth-order valence-corrected chi connectivity index (χ4v) is 1.22. The molecule has 2 N–H and O–H groups in total. The van der Waals surface area contributed by atoms with Gasteiger partial charge >= 0.3 is 0 Å². The van der Waals surface area contributed by atoms with Gasteiger partial charge in [-0.05, 0) is 11.6 Å². The molecule has 0 fully saturated rings. The van der Waals surface area contributed by atoms with Gasteiger partial charge in [0.15, 0.2) is 0 Å². The Morgan fingerprint density at radius 2 is 1.56 bits per heavy atom. The molecule has 5 heteroatoms. The van der Waals surface area contributed by atoms with E-state index < -0.39 is 0 Å². The van der Waals surface area contributed by atoms with E-state index in [1.165, 1.54) is 26.0 Å². The van der Waals surface area contributed by atoms with Crippen molar-refractivity contribution >= 4 is 17.6 Å². The molecule has 1 aliphatic rings. The van der Waals surface area contributed by atoms with Gasteiger partial charge in [0.25, 0.3) is 0 Å². The fraction of sp³-hybridized carbons (Fsp3) is 0.182. The van der Waals surface area contributed by atoms with Crippen LogP contribution < -0.4 is 10.6 Å². The van der Waals surface area contributed by atoms with Gasteiger partial charge in [-0.25, -0.2) is 0 Å². The third-order valence-corrected chi connectivity index (χ3v) is 1.83. The summed E-state index contributed by atoms with van der Waals surface area (Å²) < 4.78 is 0. The van der Waals surface area contributed by atoms with Crippen molar-refractivity contribution < 1.29 is 14.4 Å². The molecular weight excluding hydrogens is 208 g/mol. The van der Waals surface area contributed by atoms with Gasteiger partial charge in [0.05, 0.1) is 11.4 Å². The van der Waals surface area contributed by atoms with Crippen molar-refractivity contribution in [3.05, 3.63) is 35.7 Å². The number of allylic oxidation sites excluding steroid dienone is 2. The lowest BCUT2D eigenvalue weighted by molar-refractivity contribution is -0.120. The normalized spacial score (nSPS) is 15.1. The molecule has 1 aliphatic carbocycles. The maximum absolute atomic E-state index is 11.5. The number of rotatable bonds is 2. The topological polar surface area (TPSA) is 75.3 Å². The number of carbonyl (C=O) groups excluding carboxylic acids is 3. The zero-order valence-corrected chi connectivity index (χ0v) is 9.09. The summed E-state index contributed by atoms with van der Waals surface area (Å²) >= 11 is 0. The summed E-state index contributed by atoms with van der Waals surface area (Å²) in [6.07, 6.45) is 2.66. The number of hydrogen-bond acceptors (Lipinski definition) is 3. The van der Waals surface area contributed by atoms with Gasteiger partial charge in [-0.2, -0.15) is 0 Å². The first-order valence-electron chi connectivity index (χ1n) is 4.62. The minimum absolute atomic E-state index is 0.159. The largest absolute Gasteiger partial charge is 0.326 e. The molecule has 0 radical (unpaired) electrons. The summed E-state index contributed by atoms with van der Waals surface area (Å²) in [4.78, 5) is 33.1. The van der Waals surface area contributed by atoms with Gasteiger partial charge in [-0.1, -0.05) is 6.58 Å². The zero-order valence-electron chi connectivity index (χ0n) is 9.09. The monoisotopic (exact) mass is 220 g/mol.